The number of thiophene rings is 1. The zero-order valence-electron chi connectivity index (χ0n) is 12.0. The second-order valence-electron chi connectivity index (χ2n) is 5.56. The van der Waals surface area contributed by atoms with Crippen LogP contribution in [0.4, 0.5) is 16.8 Å². The lowest BCUT2D eigenvalue weighted by Gasteiger charge is -2.33. The molecule has 1 fully saturated rings. The minimum absolute atomic E-state index is 0.316. The fourth-order valence-electron chi connectivity index (χ4n) is 2.52. The van der Waals surface area contributed by atoms with Gasteiger partial charge in [0.05, 0.1) is 15.9 Å². The largest absolute Gasteiger partial charge is 0.366 e. The lowest BCUT2D eigenvalue weighted by atomic mass is 9.88. The van der Waals surface area contributed by atoms with E-state index in [0.29, 0.717) is 18.0 Å². The molecule has 6 nitrogen and oxygen atoms in total. The van der Waals surface area contributed by atoms with E-state index in [1.807, 2.05) is 24.4 Å². The molecular weight excluding hydrogens is 316 g/mol. The van der Waals surface area contributed by atoms with E-state index in [2.05, 4.69) is 25.0 Å². The molecule has 0 radical (unpaired) electrons. The van der Waals surface area contributed by atoms with Crippen LogP contribution in [0.5, 0.6) is 0 Å². The summed E-state index contributed by atoms with van der Waals surface area (Å²) in [7, 11) is 0. The van der Waals surface area contributed by atoms with Gasteiger partial charge in [0.1, 0.15) is 10.8 Å². The number of nitrogens with one attached hydrogen (secondary N) is 2. The van der Waals surface area contributed by atoms with Gasteiger partial charge in [0.25, 0.3) is 0 Å². The lowest BCUT2D eigenvalue weighted by molar-refractivity contribution is 0.373. The summed E-state index contributed by atoms with van der Waals surface area (Å²) < 4.78 is 5.35. The van der Waals surface area contributed by atoms with Gasteiger partial charge in [-0.15, -0.1) is 11.3 Å². The number of nitrogens with two attached hydrogens (primary N) is 1. The first-order chi connectivity index (χ1) is 10.7. The van der Waals surface area contributed by atoms with Crippen molar-refractivity contribution in [3.63, 3.8) is 0 Å². The molecule has 1 aliphatic carbocycles. The highest BCUT2D eigenvalue weighted by Crippen LogP contribution is 2.31. The summed E-state index contributed by atoms with van der Waals surface area (Å²) in [5, 5.41) is 9.72. The van der Waals surface area contributed by atoms with Crippen LogP contribution >= 0.6 is 22.9 Å². The third kappa shape index (κ3) is 2.65. The normalized spacial score (nSPS) is 20.8. The number of hydrogen-bond acceptors (Lipinski definition) is 8. The highest BCUT2D eigenvalue weighted by Gasteiger charge is 2.26. The summed E-state index contributed by atoms with van der Waals surface area (Å²) in [6, 6.07) is 4.73. The summed E-state index contributed by atoms with van der Waals surface area (Å²) in [6.07, 6.45) is 1.99. The minimum Gasteiger partial charge on any atom is -0.366 e. The predicted molar refractivity (Wildman–Crippen MR) is 92.2 cm³/mol. The summed E-state index contributed by atoms with van der Waals surface area (Å²) in [6.45, 7) is 1.97. The predicted octanol–water partition coefficient (Wildman–Crippen LogP) is 3.10. The van der Waals surface area contributed by atoms with Gasteiger partial charge in [-0.1, -0.05) is 0 Å². The molecule has 4 rings (SSSR count). The zero-order valence-corrected chi connectivity index (χ0v) is 13.7. The van der Waals surface area contributed by atoms with Gasteiger partial charge in [0.15, 0.2) is 0 Å². The van der Waals surface area contributed by atoms with E-state index in [9.17, 15) is 0 Å². The monoisotopic (exact) mass is 332 g/mol. The van der Waals surface area contributed by atoms with Crippen LogP contribution < -0.4 is 16.4 Å². The van der Waals surface area contributed by atoms with Crippen molar-refractivity contribution in [2.24, 2.45) is 5.73 Å². The number of fused-ring (bicyclic) bond motifs is 1. The van der Waals surface area contributed by atoms with Gasteiger partial charge in [-0.2, -0.15) is 9.36 Å². The van der Waals surface area contributed by atoms with E-state index in [1.54, 1.807) is 11.3 Å². The first-order valence-electron chi connectivity index (χ1n) is 7.15. The zero-order chi connectivity index (χ0) is 15.1. The number of nitrogens with zero attached hydrogens (tertiary/aromatic N) is 3. The Kier molecular flexibility index (Phi) is 3.44. The average molecular weight is 332 g/mol. The highest BCUT2D eigenvalue weighted by atomic mass is 32.1. The molecule has 3 heterocycles. The molecule has 22 heavy (non-hydrogen) atoms. The maximum Gasteiger partial charge on any atom is 0.230 e. The van der Waals surface area contributed by atoms with Gasteiger partial charge < -0.3 is 16.4 Å². The van der Waals surface area contributed by atoms with Gasteiger partial charge in [0.2, 0.25) is 5.95 Å². The van der Waals surface area contributed by atoms with Crippen LogP contribution in [-0.2, 0) is 0 Å². The van der Waals surface area contributed by atoms with E-state index in [4.69, 9.17) is 5.73 Å². The molecule has 0 atom stereocenters. The lowest BCUT2D eigenvalue weighted by Crippen LogP contribution is -2.44. The van der Waals surface area contributed by atoms with Crippen molar-refractivity contribution in [2.45, 2.75) is 31.8 Å². The van der Waals surface area contributed by atoms with Gasteiger partial charge in [0, 0.05) is 12.1 Å². The second kappa shape index (κ2) is 5.45. The molecule has 0 saturated heterocycles. The molecule has 3 aromatic rings. The van der Waals surface area contributed by atoms with Crippen LogP contribution in [0.1, 0.15) is 18.5 Å². The number of aryl methyl sites for hydroxylation is 1. The Bertz CT molecular complexity index is 805. The van der Waals surface area contributed by atoms with Crippen molar-refractivity contribution in [1.29, 1.82) is 0 Å². The molecule has 114 valence electrons. The van der Waals surface area contributed by atoms with Crippen molar-refractivity contribution >= 4 is 49.9 Å². The van der Waals surface area contributed by atoms with Crippen LogP contribution in [0.25, 0.3) is 10.2 Å². The van der Waals surface area contributed by atoms with Crippen molar-refractivity contribution in [3.05, 3.63) is 23.2 Å². The van der Waals surface area contributed by atoms with Crippen LogP contribution in [0, 0.1) is 6.92 Å². The van der Waals surface area contributed by atoms with Gasteiger partial charge in [-0.05, 0) is 48.8 Å². The Morgan fingerprint density at radius 2 is 2.18 bits per heavy atom. The molecule has 0 spiro atoms. The highest BCUT2D eigenvalue weighted by molar-refractivity contribution is 7.17. The molecule has 1 aliphatic rings. The molecule has 0 amide bonds. The number of anilines is 3. The molecule has 8 heteroatoms. The third-order valence-electron chi connectivity index (χ3n) is 3.68. The Morgan fingerprint density at radius 3 is 2.91 bits per heavy atom. The standard InChI is InChI=1S/C14H16N6S2/c1-7-4-11(22-20-7)18-14-17-10-2-3-21-12(10)13(19-14)16-9-5-8(15)6-9/h2-4,8-9H,5-6,15H2,1H3,(H2,16,17,18,19)/t8-,9+. The van der Waals surface area contributed by atoms with Gasteiger partial charge in [-0.25, -0.2) is 4.98 Å². The van der Waals surface area contributed by atoms with E-state index >= 15 is 0 Å². The maximum atomic E-state index is 5.86. The molecule has 0 aromatic carbocycles. The van der Waals surface area contributed by atoms with Gasteiger partial charge >= 0.3 is 0 Å². The number of aromatic nitrogens is 3. The number of hydrogen-bond donors (Lipinski definition) is 3. The van der Waals surface area contributed by atoms with Crippen molar-refractivity contribution in [3.8, 4) is 0 Å². The Morgan fingerprint density at radius 1 is 1.32 bits per heavy atom. The molecule has 1 saturated carbocycles. The third-order valence-corrected chi connectivity index (χ3v) is 5.39. The molecule has 0 bridgehead atoms. The smallest absolute Gasteiger partial charge is 0.230 e. The van der Waals surface area contributed by atoms with Crippen molar-refractivity contribution < 1.29 is 0 Å². The SMILES string of the molecule is Cc1cc(Nc2nc(N[C@H]3C[C@@H](N)C3)c3sccc3n2)sn1. The van der Waals surface area contributed by atoms with E-state index in [1.165, 1.54) is 11.5 Å². The molecule has 4 N–H and O–H groups in total. The van der Waals surface area contributed by atoms with Crippen LogP contribution in [0.15, 0.2) is 17.5 Å². The average Bonchev–Trinajstić information content (AvgIpc) is 3.06. The summed E-state index contributed by atoms with van der Waals surface area (Å²) >= 11 is 3.07. The molecule has 3 aromatic heterocycles. The molecule has 0 aliphatic heterocycles. The number of rotatable bonds is 4. The van der Waals surface area contributed by atoms with E-state index in [0.717, 1.165) is 39.6 Å². The Labute approximate surface area is 136 Å². The van der Waals surface area contributed by atoms with Crippen LogP contribution in [0.3, 0.4) is 0 Å². The second-order valence-corrected chi connectivity index (χ2v) is 7.28. The fourth-order valence-corrected chi connectivity index (χ4v) is 3.96. The fraction of sp³-hybridized carbons (Fsp3) is 0.357. The maximum absolute atomic E-state index is 5.86. The summed E-state index contributed by atoms with van der Waals surface area (Å²) in [4.78, 5) is 9.21. The first kappa shape index (κ1) is 13.9. The van der Waals surface area contributed by atoms with E-state index in [-0.39, 0.29) is 0 Å². The van der Waals surface area contributed by atoms with Crippen LogP contribution in [-0.4, -0.2) is 26.4 Å². The van der Waals surface area contributed by atoms with E-state index < -0.39 is 0 Å². The topological polar surface area (TPSA) is 88.8 Å². The summed E-state index contributed by atoms with van der Waals surface area (Å²) in [5.41, 5.74) is 7.81. The molecular formula is C14H16N6S2. The molecule has 0 unspecified atom stereocenters. The first-order valence-corrected chi connectivity index (χ1v) is 8.80. The van der Waals surface area contributed by atoms with Crippen LogP contribution in [0.2, 0.25) is 0 Å². The Hall–Kier alpha value is -1.77. The van der Waals surface area contributed by atoms with Crippen molar-refractivity contribution in [2.75, 3.05) is 10.6 Å². The van der Waals surface area contributed by atoms with Crippen molar-refractivity contribution in [1.82, 2.24) is 14.3 Å². The summed E-state index contributed by atoms with van der Waals surface area (Å²) in [5.74, 6) is 1.49. The van der Waals surface area contributed by atoms with Gasteiger partial charge in [-0.3, -0.25) is 0 Å². The minimum atomic E-state index is 0.316. The quantitative estimate of drug-likeness (QED) is 0.680. The Balaban J connectivity index is 1.64.